The molecule has 1 aromatic heterocycles. The molecule has 0 saturated carbocycles. The first-order valence-electron chi connectivity index (χ1n) is 6.67. The van der Waals surface area contributed by atoms with E-state index in [1.807, 2.05) is 13.8 Å². The fraction of sp³-hybridized carbons (Fsp3) is 0.538. The molecule has 20 heavy (non-hydrogen) atoms. The molecule has 0 aliphatic carbocycles. The van der Waals surface area contributed by atoms with Crippen molar-refractivity contribution in [3.8, 4) is 0 Å². The highest BCUT2D eigenvalue weighted by molar-refractivity contribution is 7.80. The van der Waals surface area contributed by atoms with Gasteiger partial charge in [0.05, 0.1) is 11.3 Å². The van der Waals surface area contributed by atoms with Gasteiger partial charge < -0.3 is 16.4 Å². The van der Waals surface area contributed by atoms with Crippen molar-refractivity contribution in [1.29, 1.82) is 0 Å². The van der Waals surface area contributed by atoms with Gasteiger partial charge in [0.15, 0.2) is 5.82 Å². The summed E-state index contributed by atoms with van der Waals surface area (Å²) in [6.07, 6.45) is 1.59. The van der Waals surface area contributed by atoms with Crippen LogP contribution in [-0.4, -0.2) is 34.2 Å². The third-order valence-electron chi connectivity index (χ3n) is 2.88. The van der Waals surface area contributed by atoms with Crippen molar-refractivity contribution in [2.75, 3.05) is 18.4 Å². The van der Waals surface area contributed by atoms with Crippen LogP contribution in [-0.2, 0) is 17.6 Å². The van der Waals surface area contributed by atoms with Crippen LogP contribution in [0.15, 0.2) is 0 Å². The average Bonchev–Trinajstić information content (AvgIpc) is 2.41. The number of nitrogens with zero attached hydrogens (tertiary/aromatic N) is 2. The second-order valence-electron chi connectivity index (χ2n) is 4.33. The number of hydrogen-bond acceptors (Lipinski definition) is 5. The Balaban J connectivity index is 2.95. The number of carbonyl (C=O) groups excluding carboxylic acids is 1. The number of hydrogen-bond donors (Lipinski definition) is 3. The Morgan fingerprint density at radius 1 is 1.25 bits per heavy atom. The summed E-state index contributed by atoms with van der Waals surface area (Å²) in [7, 11) is 0. The lowest BCUT2D eigenvalue weighted by atomic mass is 10.0. The first-order chi connectivity index (χ1) is 9.51. The zero-order valence-corrected chi connectivity index (χ0v) is 12.9. The first-order valence-corrected chi connectivity index (χ1v) is 7.08. The summed E-state index contributed by atoms with van der Waals surface area (Å²) in [6.45, 7) is 6.59. The van der Waals surface area contributed by atoms with E-state index in [1.54, 1.807) is 0 Å². The topological polar surface area (TPSA) is 92.9 Å². The van der Waals surface area contributed by atoms with Gasteiger partial charge in [-0.25, -0.2) is 0 Å². The van der Waals surface area contributed by atoms with Crippen LogP contribution in [0.25, 0.3) is 0 Å². The molecule has 6 nitrogen and oxygen atoms in total. The summed E-state index contributed by atoms with van der Waals surface area (Å²) in [5, 5.41) is 14.2. The van der Waals surface area contributed by atoms with E-state index in [1.165, 1.54) is 6.92 Å². The van der Waals surface area contributed by atoms with Crippen molar-refractivity contribution in [3.63, 3.8) is 0 Å². The van der Waals surface area contributed by atoms with Crippen LogP contribution >= 0.6 is 12.2 Å². The number of aromatic nitrogens is 2. The molecule has 1 aromatic rings. The molecule has 0 aliphatic heterocycles. The van der Waals surface area contributed by atoms with Gasteiger partial charge in [0.25, 0.3) is 0 Å². The third kappa shape index (κ3) is 4.12. The van der Waals surface area contributed by atoms with Gasteiger partial charge in [0.2, 0.25) is 5.91 Å². The lowest BCUT2D eigenvalue weighted by Gasteiger charge is -2.15. The maximum absolute atomic E-state index is 10.8. The molecule has 0 unspecified atom stereocenters. The second-order valence-corrected chi connectivity index (χ2v) is 4.77. The van der Waals surface area contributed by atoms with E-state index in [0.29, 0.717) is 23.9 Å². The summed E-state index contributed by atoms with van der Waals surface area (Å²) >= 11 is 5.13. The number of carbonyl (C=O) groups is 1. The molecule has 0 aromatic carbocycles. The molecular weight excluding hydrogens is 274 g/mol. The van der Waals surface area contributed by atoms with Gasteiger partial charge in [-0.1, -0.05) is 26.1 Å². The van der Waals surface area contributed by atoms with Crippen molar-refractivity contribution in [3.05, 3.63) is 16.8 Å². The number of nitrogens with one attached hydrogen (secondary N) is 2. The molecule has 1 rings (SSSR count). The minimum Gasteiger partial charge on any atom is -0.389 e. The Bertz CT molecular complexity index is 504. The fourth-order valence-electron chi connectivity index (χ4n) is 1.98. The van der Waals surface area contributed by atoms with E-state index in [4.69, 9.17) is 18.0 Å². The van der Waals surface area contributed by atoms with Gasteiger partial charge in [-0.05, 0) is 18.4 Å². The zero-order valence-electron chi connectivity index (χ0n) is 12.1. The maximum Gasteiger partial charge on any atom is 0.216 e. The monoisotopic (exact) mass is 295 g/mol. The zero-order chi connectivity index (χ0) is 15.1. The molecule has 1 amide bonds. The molecule has 0 atom stereocenters. The van der Waals surface area contributed by atoms with Crippen LogP contribution in [0.1, 0.15) is 37.6 Å². The number of rotatable bonds is 7. The summed E-state index contributed by atoms with van der Waals surface area (Å²) in [5.74, 6) is 0.514. The Hall–Kier alpha value is -1.76. The largest absolute Gasteiger partial charge is 0.389 e. The first kappa shape index (κ1) is 16.3. The van der Waals surface area contributed by atoms with E-state index >= 15 is 0 Å². The predicted molar refractivity (Wildman–Crippen MR) is 83.8 cm³/mol. The van der Waals surface area contributed by atoms with Crippen LogP contribution < -0.4 is 16.4 Å². The van der Waals surface area contributed by atoms with Crippen molar-refractivity contribution >= 4 is 28.9 Å². The van der Waals surface area contributed by atoms with Gasteiger partial charge in [-0.3, -0.25) is 4.79 Å². The van der Waals surface area contributed by atoms with E-state index < -0.39 is 0 Å². The molecule has 0 spiro atoms. The molecule has 1 heterocycles. The molecule has 0 saturated heterocycles. The van der Waals surface area contributed by atoms with Gasteiger partial charge in [0.1, 0.15) is 4.99 Å². The molecule has 0 aliphatic rings. The minimum absolute atomic E-state index is 0.0666. The minimum atomic E-state index is -0.0666. The van der Waals surface area contributed by atoms with E-state index in [9.17, 15) is 4.79 Å². The highest BCUT2D eigenvalue weighted by Crippen LogP contribution is 2.20. The molecule has 0 fully saturated rings. The Labute approximate surface area is 124 Å². The molecule has 0 bridgehead atoms. The average molecular weight is 295 g/mol. The second kappa shape index (κ2) is 7.74. The molecule has 110 valence electrons. The van der Waals surface area contributed by atoms with Crippen molar-refractivity contribution < 1.29 is 4.79 Å². The standard InChI is InChI=1S/C13H21N5OS/c1-4-9-10(5-2)17-18-13(11(9)12(14)20)16-7-6-15-8(3)19/h4-7H2,1-3H3,(H2,14,20)(H,15,19)(H,16,18). The lowest BCUT2D eigenvalue weighted by molar-refractivity contribution is -0.118. The number of thiocarbonyl (C=S) groups is 1. The van der Waals surface area contributed by atoms with Gasteiger partial charge in [-0.15, -0.1) is 5.10 Å². The quantitative estimate of drug-likeness (QED) is 0.508. The van der Waals surface area contributed by atoms with Crippen LogP contribution in [0, 0.1) is 0 Å². The van der Waals surface area contributed by atoms with Gasteiger partial charge >= 0.3 is 0 Å². The highest BCUT2D eigenvalue weighted by Gasteiger charge is 2.16. The number of amides is 1. The number of nitrogens with two attached hydrogens (primary N) is 1. The van der Waals surface area contributed by atoms with Crippen LogP contribution in [0.5, 0.6) is 0 Å². The Morgan fingerprint density at radius 2 is 1.95 bits per heavy atom. The number of anilines is 1. The summed E-state index contributed by atoms with van der Waals surface area (Å²) < 4.78 is 0. The normalized spacial score (nSPS) is 10.2. The van der Waals surface area contributed by atoms with Crippen molar-refractivity contribution in [2.45, 2.75) is 33.6 Å². The van der Waals surface area contributed by atoms with Crippen LogP contribution in [0.4, 0.5) is 5.82 Å². The van der Waals surface area contributed by atoms with Gasteiger partial charge in [-0.2, -0.15) is 5.10 Å². The Morgan fingerprint density at radius 3 is 2.45 bits per heavy atom. The smallest absolute Gasteiger partial charge is 0.216 e. The third-order valence-corrected chi connectivity index (χ3v) is 3.09. The van der Waals surface area contributed by atoms with Crippen molar-refractivity contribution in [1.82, 2.24) is 15.5 Å². The summed E-state index contributed by atoms with van der Waals surface area (Å²) in [5.41, 5.74) is 8.54. The fourth-order valence-corrected chi connectivity index (χ4v) is 2.20. The maximum atomic E-state index is 10.8. The molecule has 7 heteroatoms. The van der Waals surface area contributed by atoms with E-state index in [0.717, 1.165) is 29.7 Å². The Kier molecular flexibility index (Phi) is 6.30. The SMILES string of the molecule is CCc1nnc(NCCNC(C)=O)c(C(N)=S)c1CC. The van der Waals surface area contributed by atoms with Crippen LogP contribution in [0.3, 0.4) is 0 Å². The molecular formula is C13H21N5OS. The lowest BCUT2D eigenvalue weighted by Crippen LogP contribution is -2.28. The van der Waals surface area contributed by atoms with Gasteiger partial charge in [0, 0.05) is 20.0 Å². The van der Waals surface area contributed by atoms with E-state index in [-0.39, 0.29) is 5.91 Å². The number of aryl methyl sites for hydroxylation is 1. The molecule has 0 radical (unpaired) electrons. The summed E-state index contributed by atoms with van der Waals surface area (Å²) in [6, 6.07) is 0. The predicted octanol–water partition coefficient (Wildman–Crippen LogP) is 0.784. The highest BCUT2D eigenvalue weighted by atomic mass is 32.1. The molecule has 4 N–H and O–H groups in total. The van der Waals surface area contributed by atoms with Crippen LogP contribution in [0.2, 0.25) is 0 Å². The van der Waals surface area contributed by atoms with E-state index in [2.05, 4.69) is 20.8 Å². The summed E-state index contributed by atoms with van der Waals surface area (Å²) in [4.78, 5) is 11.1. The van der Waals surface area contributed by atoms with Crippen molar-refractivity contribution in [2.24, 2.45) is 5.73 Å².